The Kier molecular flexibility index (Phi) is 11.2. The zero-order chi connectivity index (χ0) is 20.2. The Morgan fingerprint density at radius 2 is 1.61 bits per heavy atom. The van der Waals surface area contributed by atoms with E-state index in [0.717, 1.165) is 84.7 Å². The standard InChI is InChI=1S/C21H43N5O2/c1-5-22-21(23-15-19(4)17-25-6-10-27-11-7-25)24-16-20(14-18(2)3)26-8-12-28-13-9-26/h18-20H,5-17H2,1-4H3,(H2,22,23,24). The number of ether oxygens (including phenoxy) is 2. The average Bonchev–Trinajstić information content (AvgIpc) is 2.70. The highest BCUT2D eigenvalue weighted by atomic mass is 16.5. The second-order valence-electron chi connectivity index (χ2n) is 8.55. The molecular weight excluding hydrogens is 354 g/mol. The molecule has 7 nitrogen and oxygen atoms in total. The van der Waals surface area contributed by atoms with E-state index in [9.17, 15) is 0 Å². The van der Waals surface area contributed by atoms with Crippen LogP contribution in [0.5, 0.6) is 0 Å². The second-order valence-corrected chi connectivity index (χ2v) is 8.55. The molecule has 164 valence electrons. The molecule has 2 fully saturated rings. The van der Waals surface area contributed by atoms with Crippen molar-refractivity contribution < 1.29 is 9.47 Å². The van der Waals surface area contributed by atoms with Gasteiger partial charge in [0.2, 0.25) is 0 Å². The van der Waals surface area contributed by atoms with Crippen molar-refractivity contribution in [1.82, 2.24) is 20.4 Å². The van der Waals surface area contributed by atoms with E-state index < -0.39 is 0 Å². The van der Waals surface area contributed by atoms with Crippen LogP contribution in [0.25, 0.3) is 0 Å². The van der Waals surface area contributed by atoms with Gasteiger partial charge in [-0.25, -0.2) is 0 Å². The van der Waals surface area contributed by atoms with Crippen molar-refractivity contribution >= 4 is 5.96 Å². The molecule has 2 unspecified atom stereocenters. The molecule has 0 bridgehead atoms. The molecule has 2 atom stereocenters. The lowest BCUT2D eigenvalue weighted by Crippen LogP contribution is -2.51. The van der Waals surface area contributed by atoms with Crippen molar-refractivity contribution in [3.63, 3.8) is 0 Å². The summed E-state index contributed by atoms with van der Waals surface area (Å²) in [7, 11) is 0. The molecule has 0 radical (unpaired) electrons. The number of nitrogens with zero attached hydrogens (tertiary/aromatic N) is 3. The molecule has 2 aliphatic rings. The first-order valence-corrected chi connectivity index (χ1v) is 11.2. The van der Waals surface area contributed by atoms with Crippen molar-refractivity contribution in [3.8, 4) is 0 Å². The maximum atomic E-state index is 5.54. The van der Waals surface area contributed by atoms with Gasteiger partial charge in [-0.05, 0) is 25.2 Å². The monoisotopic (exact) mass is 397 g/mol. The first kappa shape index (κ1) is 23.4. The van der Waals surface area contributed by atoms with Crippen molar-refractivity contribution in [2.75, 3.05) is 78.8 Å². The van der Waals surface area contributed by atoms with E-state index in [-0.39, 0.29) is 0 Å². The molecule has 7 heteroatoms. The molecule has 2 rings (SSSR count). The fraction of sp³-hybridized carbons (Fsp3) is 0.952. The van der Waals surface area contributed by atoms with Crippen LogP contribution in [0.3, 0.4) is 0 Å². The van der Waals surface area contributed by atoms with Gasteiger partial charge in [0.1, 0.15) is 0 Å². The fourth-order valence-corrected chi connectivity index (χ4v) is 3.93. The van der Waals surface area contributed by atoms with Gasteiger partial charge < -0.3 is 20.1 Å². The van der Waals surface area contributed by atoms with Crippen LogP contribution in [-0.2, 0) is 9.47 Å². The molecule has 0 aliphatic carbocycles. The third kappa shape index (κ3) is 9.07. The third-order valence-electron chi connectivity index (χ3n) is 5.39. The summed E-state index contributed by atoms with van der Waals surface area (Å²) >= 11 is 0. The second kappa shape index (κ2) is 13.4. The predicted molar refractivity (Wildman–Crippen MR) is 116 cm³/mol. The maximum absolute atomic E-state index is 5.54. The summed E-state index contributed by atoms with van der Waals surface area (Å²) in [6.45, 7) is 20.4. The van der Waals surface area contributed by atoms with Gasteiger partial charge in [-0.2, -0.15) is 0 Å². The van der Waals surface area contributed by atoms with E-state index in [2.05, 4.69) is 48.1 Å². The summed E-state index contributed by atoms with van der Waals surface area (Å²) in [5, 5.41) is 7.02. The first-order valence-electron chi connectivity index (χ1n) is 11.2. The van der Waals surface area contributed by atoms with Gasteiger partial charge in [0.25, 0.3) is 0 Å². The molecule has 2 saturated heterocycles. The highest BCUT2D eigenvalue weighted by Gasteiger charge is 2.22. The lowest BCUT2D eigenvalue weighted by atomic mass is 10.0. The number of hydrogen-bond acceptors (Lipinski definition) is 5. The average molecular weight is 398 g/mol. The lowest BCUT2D eigenvalue weighted by molar-refractivity contribution is 0.0132. The first-order chi connectivity index (χ1) is 13.6. The van der Waals surface area contributed by atoms with Crippen molar-refractivity contribution in [2.45, 2.75) is 40.2 Å². The normalized spacial score (nSPS) is 22.2. The zero-order valence-corrected chi connectivity index (χ0v) is 18.6. The van der Waals surface area contributed by atoms with Crippen LogP contribution < -0.4 is 10.6 Å². The minimum absolute atomic E-state index is 0.526. The van der Waals surface area contributed by atoms with Gasteiger partial charge in [-0.1, -0.05) is 20.8 Å². The highest BCUT2D eigenvalue weighted by molar-refractivity contribution is 5.79. The van der Waals surface area contributed by atoms with E-state index in [1.807, 2.05) is 0 Å². The molecule has 0 saturated carbocycles. The molecule has 0 aromatic rings. The van der Waals surface area contributed by atoms with E-state index >= 15 is 0 Å². The molecule has 0 aromatic heterocycles. The van der Waals surface area contributed by atoms with E-state index in [4.69, 9.17) is 14.5 Å². The van der Waals surface area contributed by atoms with Crippen molar-refractivity contribution in [3.05, 3.63) is 0 Å². The Balaban J connectivity index is 1.83. The molecule has 0 aromatic carbocycles. The minimum atomic E-state index is 0.526. The minimum Gasteiger partial charge on any atom is -0.379 e. The van der Waals surface area contributed by atoms with Crippen molar-refractivity contribution in [1.29, 1.82) is 0 Å². The van der Waals surface area contributed by atoms with Crippen LogP contribution in [0.4, 0.5) is 0 Å². The van der Waals surface area contributed by atoms with Gasteiger partial charge in [-0.15, -0.1) is 0 Å². The molecule has 0 amide bonds. The Labute approximate surface area is 172 Å². The van der Waals surface area contributed by atoms with Crippen LogP contribution in [0.2, 0.25) is 0 Å². The Bertz CT molecular complexity index is 435. The van der Waals surface area contributed by atoms with Gasteiger partial charge in [-0.3, -0.25) is 14.8 Å². The van der Waals surface area contributed by atoms with Gasteiger partial charge in [0, 0.05) is 58.4 Å². The van der Waals surface area contributed by atoms with Crippen LogP contribution in [0, 0.1) is 11.8 Å². The fourth-order valence-electron chi connectivity index (χ4n) is 3.93. The van der Waals surface area contributed by atoms with Crippen LogP contribution in [0.15, 0.2) is 4.99 Å². The number of hydrogen-bond donors (Lipinski definition) is 2. The third-order valence-corrected chi connectivity index (χ3v) is 5.39. The number of guanidine groups is 1. The summed E-state index contributed by atoms with van der Waals surface area (Å²) in [5.74, 6) is 2.17. The van der Waals surface area contributed by atoms with Gasteiger partial charge in [0.05, 0.1) is 26.4 Å². The SMILES string of the molecule is CCNC(=NCC(C)CN1CCOCC1)NCC(CC(C)C)N1CCOCC1. The van der Waals surface area contributed by atoms with Crippen LogP contribution in [0.1, 0.15) is 34.1 Å². The summed E-state index contributed by atoms with van der Waals surface area (Å²) in [4.78, 5) is 9.93. The summed E-state index contributed by atoms with van der Waals surface area (Å²) in [6.07, 6.45) is 1.19. The maximum Gasteiger partial charge on any atom is 0.191 e. The molecule has 0 spiro atoms. The smallest absolute Gasteiger partial charge is 0.191 e. The number of aliphatic imine (C=N–C) groups is 1. The predicted octanol–water partition coefficient (Wildman–Crippen LogP) is 1.26. The Hall–Kier alpha value is -0.890. The van der Waals surface area contributed by atoms with Gasteiger partial charge >= 0.3 is 0 Å². The zero-order valence-electron chi connectivity index (χ0n) is 18.6. The molecular formula is C21H43N5O2. The van der Waals surface area contributed by atoms with E-state index in [0.29, 0.717) is 17.9 Å². The van der Waals surface area contributed by atoms with Crippen LogP contribution >= 0.6 is 0 Å². The molecule has 2 heterocycles. The summed E-state index contributed by atoms with van der Waals surface area (Å²) in [6, 6.07) is 0.526. The number of rotatable bonds is 10. The van der Waals surface area contributed by atoms with Crippen LogP contribution in [-0.4, -0.2) is 101 Å². The van der Waals surface area contributed by atoms with E-state index in [1.54, 1.807) is 0 Å². The number of morpholine rings is 2. The summed E-state index contributed by atoms with van der Waals surface area (Å²) < 4.78 is 11.0. The van der Waals surface area contributed by atoms with Gasteiger partial charge in [0.15, 0.2) is 5.96 Å². The Morgan fingerprint density at radius 3 is 2.21 bits per heavy atom. The lowest BCUT2D eigenvalue weighted by Gasteiger charge is -2.35. The molecule has 28 heavy (non-hydrogen) atoms. The van der Waals surface area contributed by atoms with E-state index in [1.165, 1.54) is 6.42 Å². The van der Waals surface area contributed by atoms with Crippen molar-refractivity contribution in [2.24, 2.45) is 16.8 Å². The largest absolute Gasteiger partial charge is 0.379 e. The molecule has 2 aliphatic heterocycles. The topological polar surface area (TPSA) is 61.4 Å². The Morgan fingerprint density at radius 1 is 0.964 bits per heavy atom. The quantitative estimate of drug-likeness (QED) is 0.427. The molecule has 2 N–H and O–H groups in total. The highest BCUT2D eigenvalue weighted by Crippen LogP contribution is 2.13. The number of nitrogens with one attached hydrogen (secondary N) is 2. The summed E-state index contributed by atoms with van der Waals surface area (Å²) in [5.41, 5.74) is 0.